The molecule has 0 bridgehead atoms. The van der Waals surface area contributed by atoms with E-state index < -0.39 is 10.4 Å². The Morgan fingerprint density at radius 2 is 0.760 bits per heavy atom. The molecule has 0 rings (SSSR count). The zero-order valence-electron chi connectivity index (χ0n) is 15.6. The predicted molar refractivity (Wildman–Crippen MR) is 111 cm³/mol. The molecule has 7 heteroatoms. The van der Waals surface area contributed by atoms with Gasteiger partial charge in [-0.3, -0.25) is 9.11 Å². The number of hydrogen-bond donors (Lipinski definition) is 3. The first-order valence-electron chi connectivity index (χ1n) is 9.72. The molecule has 0 aromatic carbocycles. The maximum Gasteiger partial charge on any atom is 0.394 e. The third-order valence-corrected chi connectivity index (χ3v) is 4.01. The van der Waals surface area contributed by atoms with Crippen molar-refractivity contribution in [1.82, 2.24) is 0 Å². The van der Waals surface area contributed by atoms with Gasteiger partial charge in [0, 0.05) is 6.61 Å². The first-order chi connectivity index (χ1) is 11.4. The fraction of sp³-hybridized carbons (Fsp3) is 1.00. The first kappa shape index (κ1) is 30.1. The third kappa shape index (κ3) is 45.5. The standard InChI is InChI=1S/C18H38O.Al.H2O4S.3H/c1-2-3-4-5-6-7-8-9-10-11-12-13-14-15-16-17-18-19;;1-5(2,3)4;;;/h19H,2-18H2,1H3;;(H2,1,2,3,4);;;. The van der Waals surface area contributed by atoms with Crippen molar-refractivity contribution in [3.8, 4) is 0 Å². The SMILES string of the molecule is CCCCCCCCCCCCCCCCCCO.O=S(=O)(O)O.[AlH3]. The van der Waals surface area contributed by atoms with Crippen molar-refractivity contribution in [3.63, 3.8) is 0 Å². The quantitative estimate of drug-likeness (QED) is 0.203. The van der Waals surface area contributed by atoms with Crippen molar-refractivity contribution in [2.24, 2.45) is 0 Å². The molecule has 25 heavy (non-hydrogen) atoms. The van der Waals surface area contributed by atoms with Gasteiger partial charge in [0.05, 0.1) is 0 Å². The van der Waals surface area contributed by atoms with E-state index in [1.54, 1.807) is 0 Å². The van der Waals surface area contributed by atoms with Crippen molar-refractivity contribution >= 4 is 27.8 Å². The molecule has 0 aliphatic rings. The summed E-state index contributed by atoms with van der Waals surface area (Å²) < 4.78 is 31.6. The molecular weight excluding hydrogens is 355 g/mol. The maximum absolute atomic E-state index is 8.74. The summed E-state index contributed by atoms with van der Waals surface area (Å²) in [7, 11) is -4.67. The van der Waals surface area contributed by atoms with Gasteiger partial charge in [-0.1, -0.05) is 103 Å². The fourth-order valence-electron chi connectivity index (χ4n) is 2.66. The highest BCUT2D eigenvalue weighted by molar-refractivity contribution is 7.79. The first-order valence-corrected chi connectivity index (χ1v) is 11.1. The Labute approximate surface area is 166 Å². The molecule has 0 aromatic heterocycles. The van der Waals surface area contributed by atoms with Crippen LogP contribution in [0.15, 0.2) is 0 Å². The number of rotatable bonds is 16. The Balaban J connectivity index is -0.000000704. The number of unbranched alkanes of at least 4 members (excludes halogenated alkanes) is 15. The Morgan fingerprint density at radius 1 is 0.560 bits per heavy atom. The van der Waals surface area contributed by atoms with Gasteiger partial charge in [-0.15, -0.1) is 0 Å². The van der Waals surface area contributed by atoms with Crippen molar-refractivity contribution in [1.29, 1.82) is 0 Å². The lowest BCUT2D eigenvalue weighted by molar-refractivity contribution is 0.282. The van der Waals surface area contributed by atoms with Crippen molar-refractivity contribution in [2.75, 3.05) is 6.61 Å². The summed E-state index contributed by atoms with van der Waals surface area (Å²) in [6.07, 6.45) is 22.2. The highest BCUT2D eigenvalue weighted by atomic mass is 32.3. The minimum absolute atomic E-state index is 0. The molecule has 3 N–H and O–H groups in total. The van der Waals surface area contributed by atoms with Crippen LogP contribution in [-0.4, -0.2) is 46.6 Å². The molecule has 5 nitrogen and oxygen atoms in total. The molecule has 0 radical (unpaired) electrons. The lowest BCUT2D eigenvalue weighted by Gasteiger charge is -2.03. The Morgan fingerprint density at radius 3 is 0.960 bits per heavy atom. The summed E-state index contributed by atoms with van der Waals surface area (Å²) in [6, 6.07) is 0. The average Bonchev–Trinajstić information content (AvgIpc) is 2.49. The number of aliphatic hydroxyl groups is 1. The summed E-state index contributed by atoms with van der Waals surface area (Å²) in [5.41, 5.74) is 0. The molecule has 0 fully saturated rings. The van der Waals surface area contributed by atoms with E-state index in [9.17, 15) is 0 Å². The summed E-state index contributed by atoms with van der Waals surface area (Å²) in [6.45, 7) is 2.66. The van der Waals surface area contributed by atoms with Crippen LogP contribution in [0.1, 0.15) is 110 Å². The van der Waals surface area contributed by atoms with Crippen LogP contribution in [0.4, 0.5) is 0 Å². The van der Waals surface area contributed by atoms with E-state index in [1.807, 2.05) is 0 Å². The minimum atomic E-state index is -4.67. The molecule has 0 atom stereocenters. The second kappa shape index (κ2) is 24.4. The van der Waals surface area contributed by atoms with Crippen molar-refractivity contribution < 1.29 is 22.6 Å². The van der Waals surface area contributed by atoms with Crippen molar-refractivity contribution in [2.45, 2.75) is 110 Å². The van der Waals surface area contributed by atoms with Crippen LogP contribution in [0.2, 0.25) is 0 Å². The van der Waals surface area contributed by atoms with E-state index in [4.69, 9.17) is 22.6 Å². The lowest BCUT2D eigenvalue weighted by Crippen LogP contribution is -1.89. The van der Waals surface area contributed by atoms with E-state index in [2.05, 4.69) is 6.92 Å². The Kier molecular flexibility index (Phi) is 29.3. The topological polar surface area (TPSA) is 94.8 Å². The Hall–Kier alpha value is 0.362. The Bertz CT molecular complexity index is 299. The molecule has 0 aliphatic heterocycles. The average molecular weight is 399 g/mol. The summed E-state index contributed by atoms with van der Waals surface area (Å²) in [4.78, 5) is 0. The summed E-state index contributed by atoms with van der Waals surface area (Å²) in [5.74, 6) is 0. The van der Waals surface area contributed by atoms with Gasteiger partial charge in [0.25, 0.3) is 0 Å². The van der Waals surface area contributed by atoms with Crippen LogP contribution in [0.3, 0.4) is 0 Å². The zero-order chi connectivity index (χ0) is 18.5. The predicted octanol–water partition coefficient (Wildman–Crippen LogP) is 4.40. The number of hydrogen-bond acceptors (Lipinski definition) is 3. The largest absolute Gasteiger partial charge is 0.396 e. The van der Waals surface area contributed by atoms with E-state index in [-0.39, 0.29) is 17.4 Å². The molecule has 154 valence electrons. The maximum atomic E-state index is 8.74. The normalized spacial score (nSPS) is 10.7. The van der Waals surface area contributed by atoms with Crippen LogP contribution in [0.5, 0.6) is 0 Å². The molecule has 0 unspecified atom stereocenters. The second-order valence-electron chi connectivity index (χ2n) is 6.47. The molecule has 0 saturated carbocycles. The highest BCUT2D eigenvalue weighted by Gasteiger charge is 1.94. The van der Waals surface area contributed by atoms with E-state index in [0.29, 0.717) is 6.61 Å². The molecule has 0 amide bonds. The van der Waals surface area contributed by atoms with Crippen LogP contribution in [-0.2, 0) is 10.4 Å². The van der Waals surface area contributed by atoms with Crippen LogP contribution in [0.25, 0.3) is 0 Å². The van der Waals surface area contributed by atoms with E-state index in [1.165, 1.54) is 96.3 Å². The van der Waals surface area contributed by atoms with Crippen molar-refractivity contribution in [3.05, 3.63) is 0 Å². The highest BCUT2D eigenvalue weighted by Crippen LogP contribution is 2.13. The monoisotopic (exact) mass is 398 g/mol. The summed E-state index contributed by atoms with van der Waals surface area (Å²) in [5, 5.41) is 8.67. The van der Waals surface area contributed by atoms with Crippen LogP contribution < -0.4 is 0 Å². The second-order valence-corrected chi connectivity index (χ2v) is 7.37. The van der Waals surface area contributed by atoms with Crippen LogP contribution in [0, 0.1) is 0 Å². The van der Waals surface area contributed by atoms with E-state index >= 15 is 0 Å². The van der Waals surface area contributed by atoms with Gasteiger partial charge in [-0.25, -0.2) is 0 Å². The van der Waals surface area contributed by atoms with Gasteiger partial charge in [-0.2, -0.15) is 8.42 Å². The minimum Gasteiger partial charge on any atom is -0.396 e. The molecule has 0 aromatic rings. The van der Waals surface area contributed by atoms with Crippen LogP contribution >= 0.6 is 0 Å². The summed E-state index contributed by atoms with van der Waals surface area (Å²) >= 11 is 0. The molecule has 0 heterocycles. The van der Waals surface area contributed by atoms with E-state index in [0.717, 1.165) is 6.42 Å². The third-order valence-electron chi connectivity index (χ3n) is 4.01. The molecule has 0 aliphatic carbocycles. The van der Waals surface area contributed by atoms with Gasteiger partial charge in [-0.05, 0) is 6.42 Å². The molecular formula is C18H43AlO5S. The van der Waals surface area contributed by atoms with Gasteiger partial charge in [0.15, 0.2) is 17.4 Å². The number of aliphatic hydroxyl groups excluding tert-OH is 1. The smallest absolute Gasteiger partial charge is 0.394 e. The van der Waals surface area contributed by atoms with Gasteiger partial charge in [0.1, 0.15) is 0 Å². The zero-order valence-corrected chi connectivity index (χ0v) is 16.4. The van der Waals surface area contributed by atoms with Gasteiger partial charge in [0.2, 0.25) is 0 Å². The molecule has 0 saturated heterocycles. The molecule has 0 spiro atoms. The van der Waals surface area contributed by atoms with Gasteiger partial charge < -0.3 is 5.11 Å². The van der Waals surface area contributed by atoms with Gasteiger partial charge >= 0.3 is 10.4 Å². The lowest BCUT2D eigenvalue weighted by atomic mass is 10.0. The fourth-order valence-corrected chi connectivity index (χ4v) is 2.66.